The van der Waals surface area contributed by atoms with E-state index in [1.807, 2.05) is 0 Å². The number of unbranched alkanes of at least 4 members (excludes halogenated alkanes) is 25. The van der Waals surface area contributed by atoms with E-state index in [-0.39, 0.29) is 31.1 Å². The van der Waals surface area contributed by atoms with E-state index in [4.69, 9.17) is 14.2 Å². The molecule has 336 valence electrons. The Kier molecular flexibility index (Phi) is 44.9. The minimum absolute atomic E-state index is 0.0816. The Morgan fingerprint density at radius 2 is 0.638 bits per heavy atom. The first-order valence-electron chi connectivity index (χ1n) is 24.6. The van der Waals surface area contributed by atoms with Crippen LogP contribution in [0.25, 0.3) is 0 Å². The topological polar surface area (TPSA) is 78.9 Å². The summed E-state index contributed by atoms with van der Waals surface area (Å²) >= 11 is 0. The first-order chi connectivity index (χ1) is 28.5. The smallest absolute Gasteiger partial charge is 0.306 e. The number of rotatable bonds is 44. The fraction of sp³-hybridized carbons (Fsp3) is 0.788. The number of carbonyl (C=O) groups is 3. The van der Waals surface area contributed by atoms with Gasteiger partial charge in [0.2, 0.25) is 0 Å². The van der Waals surface area contributed by atoms with Crippen molar-refractivity contribution in [3.05, 3.63) is 48.6 Å². The lowest BCUT2D eigenvalue weighted by atomic mass is 10.0. The highest BCUT2D eigenvalue weighted by molar-refractivity contribution is 5.71. The summed E-state index contributed by atoms with van der Waals surface area (Å²) < 4.78 is 16.7. The highest BCUT2D eigenvalue weighted by atomic mass is 16.6. The number of hydrogen-bond donors (Lipinski definition) is 0. The maximum atomic E-state index is 12.8. The number of esters is 3. The minimum Gasteiger partial charge on any atom is -0.462 e. The highest BCUT2D eigenvalue weighted by Gasteiger charge is 2.19. The Labute approximate surface area is 358 Å². The lowest BCUT2D eigenvalue weighted by molar-refractivity contribution is -0.167. The standard InChI is InChI=1S/C52H92O6/c1-4-7-10-13-16-19-22-25-27-30-33-36-39-42-45-51(54)57-48-49(47-56-50(53)44-41-38-35-32-29-24-21-18-15-12-9-6-3)58-52(55)46-43-40-37-34-31-28-26-23-20-17-14-11-8-5-2/h13-14,16-17,22-23,25-26,49H,4-12,15,18-21,24,27-48H2,1-3H3/b16-13-,17-14-,25-22-,26-23-/t49-/m1/s1. The number of allylic oxidation sites excluding steroid dienone is 8. The molecule has 0 saturated heterocycles. The molecule has 0 saturated carbocycles. The van der Waals surface area contributed by atoms with Crippen LogP contribution in [0.2, 0.25) is 0 Å². The molecule has 0 aliphatic heterocycles. The molecule has 0 radical (unpaired) electrons. The molecule has 0 aliphatic carbocycles. The molecule has 0 aromatic heterocycles. The molecule has 6 heteroatoms. The van der Waals surface area contributed by atoms with Crippen molar-refractivity contribution in [1.29, 1.82) is 0 Å². The zero-order chi connectivity index (χ0) is 42.3. The van der Waals surface area contributed by atoms with Crippen LogP contribution in [0.1, 0.15) is 245 Å². The lowest BCUT2D eigenvalue weighted by Gasteiger charge is -2.18. The monoisotopic (exact) mass is 813 g/mol. The fourth-order valence-electron chi connectivity index (χ4n) is 6.77. The molecule has 6 nitrogen and oxygen atoms in total. The van der Waals surface area contributed by atoms with Crippen molar-refractivity contribution in [3.63, 3.8) is 0 Å². The number of hydrogen-bond acceptors (Lipinski definition) is 6. The van der Waals surface area contributed by atoms with Crippen molar-refractivity contribution in [2.24, 2.45) is 0 Å². The molecule has 58 heavy (non-hydrogen) atoms. The van der Waals surface area contributed by atoms with Crippen LogP contribution in [0.3, 0.4) is 0 Å². The van der Waals surface area contributed by atoms with E-state index in [0.717, 1.165) is 103 Å². The normalized spacial score (nSPS) is 12.4. The van der Waals surface area contributed by atoms with Gasteiger partial charge in [0, 0.05) is 19.3 Å². The molecule has 0 amide bonds. The van der Waals surface area contributed by atoms with Gasteiger partial charge < -0.3 is 14.2 Å². The second-order valence-electron chi connectivity index (χ2n) is 16.4. The van der Waals surface area contributed by atoms with Gasteiger partial charge in [-0.2, -0.15) is 0 Å². The Hall–Kier alpha value is -2.63. The first kappa shape index (κ1) is 55.4. The second kappa shape index (κ2) is 47.1. The summed E-state index contributed by atoms with van der Waals surface area (Å²) in [6.07, 6.45) is 55.1. The number of carbonyl (C=O) groups excluding carboxylic acids is 3. The highest BCUT2D eigenvalue weighted by Crippen LogP contribution is 2.14. The minimum atomic E-state index is -0.782. The molecule has 1 atom stereocenters. The molecular formula is C52H92O6. The second-order valence-corrected chi connectivity index (χ2v) is 16.4. The summed E-state index contributed by atoms with van der Waals surface area (Å²) in [6, 6.07) is 0. The Morgan fingerprint density at radius 3 is 1.00 bits per heavy atom. The zero-order valence-corrected chi connectivity index (χ0v) is 38.3. The lowest BCUT2D eigenvalue weighted by Crippen LogP contribution is -2.30. The van der Waals surface area contributed by atoms with Crippen LogP contribution in [0.5, 0.6) is 0 Å². The summed E-state index contributed by atoms with van der Waals surface area (Å²) in [5, 5.41) is 0. The molecule has 0 heterocycles. The van der Waals surface area contributed by atoms with Crippen molar-refractivity contribution >= 4 is 17.9 Å². The molecule has 0 aromatic rings. The summed E-state index contributed by atoms with van der Waals surface area (Å²) in [7, 11) is 0. The van der Waals surface area contributed by atoms with E-state index in [1.165, 1.54) is 103 Å². The van der Waals surface area contributed by atoms with E-state index in [9.17, 15) is 14.4 Å². The van der Waals surface area contributed by atoms with Crippen LogP contribution >= 0.6 is 0 Å². The van der Waals surface area contributed by atoms with E-state index in [1.54, 1.807) is 0 Å². The zero-order valence-electron chi connectivity index (χ0n) is 38.3. The van der Waals surface area contributed by atoms with Crippen molar-refractivity contribution in [1.82, 2.24) is 0 Å². The SMILES string of the molecule is CCCC/C=C\C/C=C\CCCCCCCC(=O)OC[C@@H](COC(=O)CCCCCCCCCCCCCC)OC(=O)CCCCCCC/C=C\C/C=C\CCCC. The van der Waals surface area contributed by atoms with Gasteiger partial charge in [-0.3, -0.25) is 14.4 Å². The van der Waals surface area contributed by atoms with Gasteiger partial charge in [0.25, 0.3) is 0 Å². The first-order valence-corrected chi connectivity index (χ1v) is 24.6. The Morgan fingerprint density at radius 1 is 0.345 bits per heavy atom. The van der Waals surface area contributed by atoms with Gasteiger partial charge in [0.05, 0.1) is 0 Å². The molecule has 0 rings (SSSR count). The molecule has 0 spiro atoms. The van der Waals surface area contributed by atoms with Gasteiger partial charge in [-0.25, -0.2) is 0 Å². The predicted octanol–water partition coefficient (Wildman–Crippen LogP) is 15.9. The summed E-state index contributed by atoms with van der Waals surface area (Å²) in [4.78, 5) is 37.9. The van der Waals surface area contributed by atoms with Crippen LogP contribution < -0.4 is 0 Å². The molecule has 0 aliphatic rings. The maximum Gasteiger partial charge on any atom is 0.306 e. The summed E-state index contributed by atoms with van der Waals surface area (Å²) in [5.41, 5.74) is 0. The van der Waals surface area contributed by atoms with E-state index < -0.39 is 6.10 Å². The Bertz CT molecular complexity index is 1030. The van der Waals surface area contributed by atoms with Crippen LogP contribution in [0.15, 0.2) is 48.6 Å². The average molecular weight is 813 g/mol. The Balaban J connectivity index is 4.41. The molecule has 0 N–H and O–H groups in total. The van der Waals surface area contributed by atoms with Crippen molar-refractivity contribution in [2.75, 3.05) is 13.2 Å². The van der Waals surface area contributed by atoms with Crippen LogP contribution in [0, 0.1) is 0 Å². The quantitative estimate of drug-likeness (QED) is 0.0264. The largest absolute Gasteiger partial charge is 0.462 e. The average Bonchev–Trinajstić information content (AvgIpc) is 3.22. The van der Waals surface area contributed by atoms with Crippen LogP contribution in [0.4, 0.5) is 0 Å². The van der Waals surface area contributed by atoms with Gasteiger partial charge in [-0.1, -0.05) is 204 Å². The molecule has 0 unspecified atom stereocenters. The van der Waals surface area contributed by atoms with Crippen LogP contribution in [-0.2, 0) is 28.6 Å². The third-order valence-corrected chi connectivity index (χ3v) is 10.6. The third kappa shape index (κ3) is 44.5. The van der Waals surface area contributed by atoms with Gasteiger partial charge >= 0.3 is 17.9 Å². The molecule has 0 bridgehead atoms. The van der Waals surface area contributed by atoms with Gasteiger partial charge in [-0.15, -0.1) is 0 Å². The van der Waals surface area contributed by atoms with Crippen LogP contribution in [-0.4, -0.2) is 37.2 Å². The molecular weight excluding hydrogens is 721 g/mol. The van der Waals surface area contributed by atoms with Crippen molar-refractivity contribution in [2.45, 2.75) is 252 Å². The predicted molar refractivity (Wildman–Crippen MR) is 247 cm³/mol. The van der Waals surface area contributed by atoms with E-state index in [2.05, 4.69) is 69.4 Å². The van der Waals surface area contributed by atoms with E-state index >= 15 is 0 Å². The van der Waals surface area contributed by atoms with Crippen molar-refractivity contribution < 1.29 is 28.6 Å². The van der Waals surface area contributed by atoms with Gasteiger partial charge in [0.15, 0.2) is 6.10 Å². The maximum absolute atomic E-state index is 12.8. The number of ether oxygens (including phenoxy) is 3. The van der Waals surface area contributed by atoms with Gasteiger partial charge in [0.1, 0.15) is 13.2 Å². The summed E-state index contributed by atoms with van der Waals surface area (Å²) in [6.45, 7) is 6.53. The van der Waals surface area contributed by atoms with E-state index in [0.29, 0.717) is 19.3 Å². The molecule has 0 aromatic carbocycles. The van der Waals surface area contributed by atoms with Gasteiger partial charge in [-0.05, 0) is 70.6 Å². The summed E-state index contributed by atoms with van der Waals surface area (Å²) in [5.74, 6) is -0.907. The third-order valence-electron chi connectivity index (χ3n) is 10.6. The van der Waals surface area contributed by atoms with Crippen molar-refractivity contribution in [3.8, 4) is 0 Å². The fourth-order valence-corrected chi connectivity index (χ4v) is 6.77. The molecule has 0 fully saturated rings.